The number of H-pyrrole nitrogens is 1. The summed E-state index contributed by atoms with van der Waals surface area (Å²) in [6.07, 6.45) is 2.44. The zero-order valence-corrected chi connectivity index (χ0v) is 19.7. The van der Waals surface area contributed by atoms with Crippen molar-refractivity contribution in [3.63, 3.8) is 0 Å². The molecule has 7 nitrogen and oxygen atoms in total. The highest BCUT2D eigenvalue weighted by Gasteiger charge is 2.25. The van der Waals surface area contributed by atoms with Gasteiger partial charge in [-0.2, -0.15) is 5.26 Å². The Labute approximate surface area is 209 Å². The van der Waals surface area contributed by atoms with E-state index in [9.17, 15) is 9.59 Å². The fraction of sp³-hybridized carbons (Fsp3) is 0.207. The summed E-state index contributed by atoms with van der Waals surface area (Å²) in [5.74, 6) is -0.199. The summed E-state index contributed by atoms with van der Waals surface area (Å²) in [4.78, 5) is 29.4. The van der Waals surface area contributed by atoms with E-state index in [0.29, 0.717) is 36.4 Å². The van der Waals surface area contributed by atoms with Crippen LogP contribution < -0.4 is 10.6 Å². The quantitative estimate of drug-likeness (QED) is 0.316. The largest absolute Gasteiger partial charge is 0.377 e. The maximum absolute atomic E-state index is 13.7. The molecule has 180 valence electrons. The molecule has 0 bridgehead atoms. The number of aromatic amines is 1. The van der Waals surface area contributed by atoms with Crippen molar-refractivity contribution >= 4 is 22.6 Å². The monoisotopic (exact) mass is 478 g/mol. The van der Waals surface area contributed by atoms with Crippen LogP contribution in [0.4, 0.5) is 0 Å². The molecule has 0 spiro atoms. The van der Waals surface area contributed by atoms with Crippen LogP contribution in [0.2, 0.25) is 0 Å². The second-order valence-electron chi connectivity index (χ2n) is 8.89. The van der Waals surface area contributed by atoms with E-state index in [1.807, 2.05) is 48.5 Å². The first kappa shape index (κ1) is 23.5. The Balaban J connectivity index is 1.34. The molecule has 5 rings (SSSR count). The molecular formula is C29H26N4O3. The number of Topliss-reactive ketones (excluding diaryl/α,β-unsaturated/α-hetero) is 1. The summed E-state index contributed by atoms with van der Waals surface area (Å²) in [5.41, 5.74) is 4.45. The molecular weight excluding hydrogens is 452 g/mol. The lowest BCUT2D eigenvalue weighted by molar-refractivity contribution is -0.00346. The molecule has 1 fully saturated rings. The smallest absolute Gasteiger partial charge is 0.251 e. The summed E-state index contributed by atoms with van der Waals surface area (Å²) in [7, 11) is 0. The number of nitriles is 1. The standard InChI is InChI=1S/C29H26N4O3/c30-15-20-8-6-19(7-9-20)12-13-31-27(21-4-2-1-3-5-21)28(34)25-16-32-26-14-22(10-11-24(25)26)29(35)33-23-17-36-18-23/h1-11,14,16,23,27,31-32H,12-13,17-18H2,(H,33,35)/t27-/m1/s1. The molecule has 1 aliphatic heterocycles. The molecule has 0 unspecified atom stereocenters. The number of aromatic nitrogens is 1. The second-order valence-corrected chi connectivity index (χ2v) is 8.89. The Morgan fingerprint density at radius 2 is 1.83 bits per heavy atom. The van der Waals surface area contributed by atoms with Gasteiger partial charge >= 0.3 is 0 Å². The van der Waals surface area contributed by atoms with Gasteiger partial charge in [0, 0.05) is 34.8 Å². The Morgan fingerprint density at radius 3 is 2.53 bits per heavy atom. The lowest BCUT2D eigenvalue weighted by Gasteiger charge is -2.26. The third-order valence-corrected chi connectivity index (χ3v) is 6.42. The van der Waals surface area contributed by atoms with Crippen LogP contribution in [0.3, 0.4) is 0 Å². The Morgan fingerprint density at radius 1 is 1.06 bits per heavy atom. The van der Waals surface area contributed by atoms with E-state index in [1.165, 1.54) is 0 Å². The van der Waals surface area contributed by atoms with Crippen molar-refractivity contribution in [3.8, 4) is 6.07 Å². The molecule has 1 saturated heterocycles. The Bertz CT molecular complexity index is 1420. The van der Waals surface area contributed by atoms with E-state index in [4.69, 9.17) is 10.00 Å². The summed E-state index contributed by atoms with van der Waals surface area (Å²) in [5, 5.41) is 16.1. The van der Waals surface area contributed by atoms with Gasteiger partial charge in [-0.05, 0) is 41.8 Å². The summed E-state index contributed by atoms with van der Waals surface area (Å²) in [6, 6.07) is 24.1. The van der Waals surface area contributed by atoms with E-state index in [-0.39, 0.29) is 17.7 Å². The van der Waals surface area contributed by atoms with Gasteiger partial charge in [-0.3, -0.25) is 9.59 Å². The van der Waals surface area contributed by atoms with Crippen LogP contribution in [-0.2, 0) is 11.2 Å². The Kier molecular flexibility index (Phi) is 6.89. The van der Waals surface area contributed by atoms with Crippen molar-refractivity contribution in [2.45, 2.75) is 18.5 Å². The highest BCUT2D eigenvalue weighted by atomic mass is 16.5. The number of hydrogen-bond acceptors (Lipinski definition) is 5. The molecule has 1 aliphatic rings. The number of ketones is 1. The first-order valence-corrected chi connectivity index (χ1v) is 11.9. The topological polar surface area (TPSA) is 107 Å². The number of carbonyl (C=O) groups excluding carboxylic acids is 2. The molecule has 1 atom stereocenters. The van der Waals surface area contributed by atoms with E-state index in [1.54, 1.807) is 30.5 Å². The number of nitrogens with one attached hydrogen (secondary N) is 3. The van der Waals surface area contributed by atoms with E-state index in [0.717, 1.165) is 28.5 Å². The summed E-state index contributed by atoms with van der Waals surface area (Å²) >= 11 is 0. The summed E-state index contributed by atoms with van der Waals surface area (Å²) in [6.45, 7) is 1.66. The fourth-order valence-electron chi connectivity index (χ4n) is 4.33. The van der Waals surface area contributed by atoms with Crippen LogP contribution in [0.25, 0.3) is 10.9 Å². The minimum Gasteiger partial charge on any atom is -0.377 e. The molecule has 4 aromatic rings. The predicted molar refractivity (Wildman–Crippen MR) is 137 cm³/mol. The normalized spacial score (nSPS) is 14.1. The average molecular weight is 479 g/mol. The van der Waals surface area contributed by atoms with Crippen molar-refractivity contribution in [2.75, 3.05) is 19.8 Å². The van der Waals surface area contributed by atoms with Crippen molar-refractivity contribution in [1.29, 1.82) is 5.26 Å². The van der Waals surface area contributed by atoms with E-state index >= 15 is 0 Å². The first-order chi connectivity index (χ1) is 17.6. The molecule has 3 N–H and O–H groups in total. The molecule has 36 heavy (non-hydrogen) atoms. The zero-order chi connectivity index (χ0) is 24.9. The third-order valence-electron chi connectivity index (χ3n) is 6.42. The van der Waals surface area contributed by atoms with Gasteiger partial charge < -0.3 is 20.4 Å². The molecule has 0 aliphatic carbocycles. The zero-order valence-electron chi connectivity index (χ0n) is 19.7. The second kappa shape index (κ2) is 10.6. The number of nitrogens with zero attached hydrogens (tertiary/aromatic N) is 1. The van der Waals surface area contributed by atoms with Crippen LogP contribution in [0.5, 0.6) is 0 Å². The number of hydrogen-bond donors (Lipinski definition) is 3. The van der Waals surface area contributed by atoms with Gasteiger partial charge in [-0.15, -0.1) is 0 Å². The van der Waals surface area contributed by atoms with Crippen molar-refractivity contribution < 1.29 is 14.3 Å². The van der Waals surface area contributed by atoms with Gasteiger partial charge in [0.1, 0.15) is 0 Å². The van der Waals surface area contributed by atoms with E-state index < -0.39 is 6.04 Å². The molecule has 3 aromatic carbocycles. The van der Waals surface area contributed by atoms with Gasteiger partial charge in [-0.25, -0.2) is 0 Å². The average Bonchev–Trinajstić information content (AvgIpc) is 3.32. The fourth-order valence-corrected chi connectivity index (χ4v) is 4.33. The maximum atomic E-state index is 13.7. The molecule has 1 amide bonds. The SMILES string of the molecule is N#Cc1ccc(CCN[C@@H](C(=O)c2c[nH]c3cc(C(=O)NC4COC4)ccc23)c2ccccc2)cc1. The van der Waals surface area contributed by atoms with Crippen molar-refractivity contribution in [2.24, 2.45) is 0 Å². The van der Waals surface area contributed by atoms with Crippen LogP contribution in [0.15, 0.2) is 79.0 Å². The van der Waals surface area contributed by atoms with Crippen LogP contribution in [-0.4, -0.2) is 42.5 Å². The Hall–Kier alpha value is -4.25. The lowest BCUT2D eigenvalue weighted by Crippen LogP contribution is -2.48. The number of benzene rings is 3. The van der Waals surface area contributed by atoms with Gasteiger partial charge in [0.15, 0.2) is 5.78 Å². The number of carbonyl (C=O) groups is 2. The molecule has 1 aromatic heterocycles. The predicted octanol–water partition coefficient (Wildman–Crippen LogP) is 3.92. The number of ether oxygens (including phenoxy) is 1. The highest BCUT2D eigenvalue weighted by Crippen LogP contribution is 2.26. The van der Waals surface area contributed by atoms with E-state index in [2.05, 4.69) is 21.7 Å². The van der Waals surface area contributed by atoms with Crippen LogP contribution >= 0.6 is 0 Å². The highest BCUT2D eigenvalue weighted by molar-refractivity contribution is 6.11. The first-order valence-electron chi connectivity index (χ1n) is 11.9. The number of rotatable bonds is 9. The maximum Gasteiger partial charge on any atom is 0.251 e. The minimum absolute atomic E-state index is 0.0453. The number of amides is 1. The molecule has 0 saturated carbocycles. The van der Waals surface area contributed by atoms with Gasteiger partial charge in [0.2, 0.25) is 0 Å². The third kappa shape index (κ3) is 5.05. The van der Waals surface area contributed by atoms with Gasteiger partial charge in [-0.1, -0.05) is 48.5 Å². The molecule has 7 heteroatoms. The van der Waals surface area contributed by atoms with Gasteiger partial charge in [0.05, 0.1) is 36.9 Å². The lowest BCUT2D eigenvalue weighted by atomic mass is 9.96. The van der Waals surface area contributed by atoms with Gasteiger partial charge in [0.25, 0.3) is 5.91 Å². The van der Waals surface area contributed by atoms with Crippen molar-refractivity contribution in [3.05, 3.63) is 107 Å². The molecule has 0 radical (unpaired) electrons. The number of fused-ring (bicyclic) bond motifs is 1. The van der Waals surface area contributed by atoms with Crippen molar-refractivity contribution in [1.82, 2.24) is 15.6 Å². The minimum atomic E-state index is -0.523. The molecule has 2 heterocycles. The summed E-state index contributed by atoms with van der Waals surface area (Å²) < 4.78 is 5.12. The van der Waals surface area contributed by atoms with Crippen LogP contribution in [0.1, 0.15) is 43.4 Å². The van der Waals surface area contributed by atoms with Crippen LogP contribution in [0, 0.1) is 11.3 Å².